The van der Waals surface area contributed by atoms with Crippen molar-refractivity contribution in [3.8, 4) is 0 Å². The molecule has 0 radical (unpaired) electrons. The number of carbonyl (C=O) groups excluding carboxylic acids is 1. The number of fused-ring (bicyclic) bond motifs is 1. The molecule has 0 fully saturated rings. The van der Waals surface area contributed by atoms with E-state index in [1.165, 1.54) is 24.0 Å². The fourth-order valence-corrected chi connectivity index (χ4v) is 1.52. The van der Waals surface area contributed by atoms with Gasteiger partial charge in [-0.1, -0.05) is 36.4 Å². The van der Waals surface area contributed by atoms with Crippen LogP contribution in [0.15, 0.2) is 48.7 Å². The van der Waals surface area contributed by atoms with E-state index in [0.717, 1.165) is 5.56 Å². The highest BCUT2D eigenvalue weighted by molar-refractivity contribution is 5.84. The van der Waals surface area contributed by atoms with Crippen molar-refractivity contribution in [1.82, 2.24) is 0 Å². The van der Waals surface area contributed by atoms with Crippen molar-refractivity contribution < 1.29 is 9.53 Å². The second kappa shape index (κ2) is 4.62. The number of benzene rings is 2. The molecule has 0 bridgehead atoms. The molecule has 0 aliphatic heterocycles. The SMILES string of the molecule is CC(=O)O/C=C/c1ccc2ccccc2c1. The largest absolute Gasteiger partial charge is 0.435 e. The van der Waals surface area contributed by atoms with Crippen LogP contribution < -0.4 is 0 Å². The molecular weight excluding hydrogens is 200 g/mol. The first-order chi connectivity index (χ1) is 7.75. The van der Waals surface area contributed by atoms with Crippen molar-refractivity contribution in [3.63, 3.8) is 0 Å². The molecule has 0 atom stereocenters. The normalized spacial score (nSPS) is 10.8. The molecule has 0 aliphatic carbocycles. The second-order valence-corrected chi connectivity index (χ2v) is 3.52. The third kappa shape index (κ3) is 2.48. The molecule has 16 heavy (non-hydrogen) atoms. The molecule has 0 unspecified atom stereocenters. The highest BCUT2D eigenvalue weighted by atomic mass is 16.5. The lowest BCUT2D eigenvalue weighted by atomic mass is 10.1. The van der Waals surface area contributed by atoms with Gasteiger partial charge in [-0.2, -0.15) is 0 Å². The van der Waals surface area contributed by atoms with E-state index in [9.17, 15) is 4.79 Å². The van der Waals surface area contributed by atoms with E-state index in [4.69, 9.17) is 4.74 Å². The Kier molecular flexibility index (Phi) is 3.01. The summed E-state index contributed by atoms with van der Waals surface area (Å²) in [6, 6.07) is 14.2. The van der Waals surface area contributed by atoms with Gasteiger partial charge in [-0.05, 0) is 28.5 Å². The van der Waals surface area contributed by atoms with E-state index < -0.39 is 0 Å². The van der Waals surface area contributed by atoms with Crippen LogP contribution in [0.5, 0.6) is 0 Å². The van der Waals surface area contributed by atoms with E-state index in [-0.39, 0.29) is 5.97 Å². The van der Waals surface area contributed by atoms with Crippen LogP contribution in [0.3, 0.4) is 0 Å². The molecule has 0 spiro atoms. The highest BCUT2D eigenvalue weighted by Crippen LogP contribution is 2.16. The number of carbonyl (C=O) groups is 1. The predicted molar refractivity (Wildman–Crippen MR) is 64.7 cm³/mol. The van der Waals surface area contributed by atoms with Crippen molar-refractivity contribution in [3.05, 3.63) is 54.3 Å². The minimum atomic E-state index is -0.308. The first-order valence-electron chi connectivity index (χ1n) is 5.08. The average molecular weight is 212 g/mol. The summed E-state index contributed by atoms with van der Waals surface area (Å²) in [5, 5.41) is 2.37. The summed E-state index contributed by atoms with van der Waals surface area (Å²) in [5.74, 6) is -0.308. The fraction of sp³-hybridized carbons (Fsp3) is 0.0714. The Hall–Kier alpha value is -2.09. The van der Waals surface area contributed by atoms with Gasteiger partial charge in [0.2, 0.25) is 0 Å². The Bertz CT molecular complexity index is 541. The Morgan fingerprint density at radius 2 is 1.88 bits per heavy atom. The van der Waals surface area contributed by atoms with Gasteiger partial charge < -0.3 is 4.74 Å². The van der Waals surface area contributed by atoms with Crippen LogP contribution in [0.2, 0.25) is 0 Å². The van der Waals surface area contributed by atoms with E-state index in [1.54, 1.807) is 6.08 Å². The van der Waals surface area contributed by atoms with Crippen molar-refractivity contribution in [1.29, 1.82) is 0 Å². The summed E-state index contributed by atoms with van der Waals surface area (Å²) in [5.41, 5.74) is 1.01. The second-order valence-electron chi connectivity index (χ2n) is 3.52. The zero-order chi connectivity index (χ0) is 11.4. The maximum atomic E-state index is 10.6. The molecule has 0 aromatic heterocycles. The van der Waals surface area contributed by atoms with E-state index in [1.807, 2.05) is 24.3 Å². The number of esters is 1. The van der Waals surface area contributed by atoms with Gasteiger partial charge in [0.15, 0.2) is 0 Å². The van der Waals surface area contributed by atoms with Gasteiger partial charge in [0.25, 0.3) is 0 Å². The van der Waals surface area contributed by atoms with Crippen LogP contribution >= 0.6 is 0 Å². The molecule has 2 aromatic rings. The molecule has 0 aliphatic rings. The maximum absolute atomic E-state index is 10.6. The molecule has 0 heterocycles. The summed E-state index contributed by atoms with van der Waals surface area (Å²) >= 11 is 0. The Labute approximate surface area is 94.2 Å². The zero-order valence-electron chi connectivity index (χ0n) is 9.01. The molecule has 2 heteroatoms. The lowest BCUT2D eigenvalue weighted by Gasteiger charge is -1.98. The summed E-state index contributed by atoms with van der Waals surface area (Å²) < 4.78 is 4.74. The van der Waals surface area contributed by atoms with Crippen molar-refractivity contribution in [2.75, 3.05) is 0 Å². The number of ether oxygens (including phenoxy) is 1. The summed E-state index contributed by atoms with van der Waals surface area (Å²) in [7, 11) is 0. The number of rotatable bonds is 2. The van der Waals surface area contributed by atoms with Crippen LogP contribution in [0.25, 0.3) is 16.8 Å². The van der Waals surface area contributed by atoms with Gasteiger partial charge in [0.05, 0.1) is 6.26 Å². The summed E-state index contributed by atoms with van der Waals surface area (Å²) in [4.78, 5) is 10.6. The summed E-state index contributed by atoms with van der Waals surface area (Å²) in [6.07, 6.45) is 3.18. The topological polar surface area (TPSA) is 26.3 Å². The fourth-order valence-electron chi connectivity index (χ4n) is 1.52. The van der Waals surface area contributed by atoms with Crippen molar-refractivity contribution >= 4 is 22.8 Å². The molecule has 2 nitrogen and oxygen atoms in total. The Morgan fingerprint density at radius 1 is 1.12 bits per heavy atom. The molecular formula is C14H12O2. The minimum absolute atomic E-state index is 0.308. The van der Waals surface area contributed by atoms with Crippen LogP contribution in [0.4, 0.5) is 0 Å². The predicted octanol–water partition coefficient (Wildman–Crippen LogP) is 3.37. The maximum Gasteiger partial charge on any atom is 0.307 e. The first kappa shape index (κ1) is 10.4. The monoisotopic (exact) mass is 212 g/mol. The van der Waals surface area contributed by atoms with Gasteiger partial charge in [0.1, 0.15) is 0 Å². The van der Waals surface area contributed by atoms with Crippen LogP contribution in [-0.2, 0) is 9.53 Å². The van der Waals surface area contributed by atoms with Crippen LogP contribution in [0.1, 0.15) is 12.5 Å². The molecule has 0 saturated heterocycles. The average Bonchev–Trinajstić information content (AvgIpc) is 2.28. The Balaban J connectivity index is 2.26. The van der Waals surface area contributed by atoms with E-state index in [2.05, 4.69) is 18.2 Å². The standard InChI is InChI=1S/C14H12O2/c1-11(15)16-9-8-12-6-7-13-4-2-3-5-14(13)10-12/h2-10H,1H3/b9-8+. The van der Waals surface area contributed by atoms with Crippen LogP contribution in [0, 0.1) is 0 Å². The van der Waals surface area contributed by atoms with E-state index in [0.29, 0.717) is 0 Å². The Morgan fingerprint density at radius 3 is 2.62 bits per heavy atom. The lowest BCUT2D eigenvalue weighted by molar-refractivity contribution is -0.135. The number of hydrogen-bond acceptors (Lipinski definition) is 2. The van der Waals surface area contributed by atoms with Gasteiger partial charge in [-0.15, -0.1) is 0 Å². The zero-order valence-corrected chi connectivity index (χ0v) is 9.01. The molecule has 2 aromatic carbocycles. The minimum Gasteiger partial charge on any atom is -0.435 e. The molecule has 0 N–H and O–H groups in total. The lowest BCUT2D eigenvalue weighted by Crippen LogP contribution is -1.89. The smallest absolute Gasteiger partial charge is 0.307 e. The van der Waals surface area contributed by atoms with E-state index >= 15 is 0 Å². The third-order valence-corrected chi connectivity index (χ3v) is 2.27. The van der Waals surface area contributed by atoms with Crippen LogP contribution in [-0.4, -0.2) is 5.97 Å². The third-order valence-electron chi connectivity index (χ3n) is 2.27. The number of hydrogen-bond donors (Lipinski definition) is 0. The van der Waals surface area contributed by atoms with Crippen molar-refractivity contribution in [2.24, 2.45) is 0 Å². The van der Waals surface area contributed by atoms with Gasteiger partial charge in [-0.25, -0.2) is 0 Å². The molecule has 80 valence electrons. The molecule has 0 saturated carbocycles. The highest BCUT2D eigenvalue weighted by Gasteiger charge is 1.93. The molecule has 2 rings (SSSR count). The summed E-state index contributed by atoms with van der Waals surface area (Å²) in [6.45, 7) is 1.38. The molecule has 0 amide bonds. The van der Waals surface area contributed by atoms with Gasteiger partial charge in [-0.3, -0.25) is 4.79 Å². The first-order valence-corrected chi connectivity index (χ1v) is 5.08. The quantitative estimate of drug-likeness (QED) is 0.563. The van der Waals surface area contributed by atoms with Gasteiger partial charge >= 0.3 is 5.97 Å². The van der Waals surface area contributed by atoms with Crippen molar-refractivity contribution in [2.45, 2.75) is 6.92 Å². The van der Waals surface area contributed by atoms with Gasteiger partial charge in [0, 0.05) is 6.92 Å².